The number of aliphatic hydroxyl groups is 1. The van der Waals surface area contributed by atoms with Crippen LogP contribution in [0.3, 0.4) is 0 Å². The Labute approximate surface area is 120 Å². The van der Waals surface area contributed by atoms with Gasteiger partial charge in [-0.15, -0.1) is 0 Å². The highest BCUT2D eigenvalue weighted by Gasteiger charge is 2.40. The summed E-state index contributed by atoms with van der Waals surface area (Å²) in [5.74, 6) is 0. The molecule has 2 aromatic carbocycles. The SMILES string of the molecule is CNC[C@@]1(c2ccc3ccccc3c2)CCCC[C@@H]1O. The molecule has 2 atom stereocenters. The number of hydrogen-bond donors (Lipinski definition) is 2. The van der Waals surface area contributed by atoms with Crippen LogP contribution in [0.2, 0.25) is 0 Å². The molecule has 2 N–H and O–H groups in total. The minimum absolute atomic E-state index is 0.128. The van der Waals surface area contributed by atoms with Crippen molar-refractivity contribution in [3.63, 3.8) is 0 Å². The first-order valence-corrected chi connectivity index (χ1v) is 7.58. The molecular weight excluding hydrogens is 246 g/mol. The number of benzene rings is 2. The fourth-order valence-corrected chi connectivity index (χ4v) is 3.68. The van der Waals surface area contributed by atoms with Gasteiger partial charge in [-0.05, 0) is 36.2 Å². The summed E-state index contributed by atoms with van der Waals surface area (Å²) >= 11 is 0. The second-order valence-corrected chi connectivity index (χ2v) is 6.01. The summed E-state index contributed by atoms with van der Waals surface area (Å²) in [5.41, 5.74) is 1.15. The second-order valence-electron chi connectivity index (χ2n) is 6.01. The molecule has 0 bridgehead atoms. The van der Waals surface area contributed by atoms with E-state index in [1.165, 1.54) is 22.8 Å². The Bertz CT molecular complexity index is 591. The first-order chi connectivity index (χ1) is 9.76. The lowest BCUT2D eigenvalue weighted by Gasteiger charge is -2.42. The van der Waals surface area contributed by atoms with E-state index in [4.69, 9.17) is 0 Å². The molecule has 0 spiro atoms. The average molecular weight is 269 g/mol. The van der Waals surface area contributed by atoms with Crippen molar-refractivity contribution in [3.05, 3.63) is 48.0 Å². The Morgan fingerprint density at radius 2 is 1.95 bits per heavy atom. The van der Waals surface area contributed by atoms with Crippen molar-refractivity contribution >= 4 is 10.8 Å². The Morgan fingerprint density at radius 1 is 1.15 bits per heavy atom. The maximum absolute atomic E-state index is 10.6. The highest BCUT2D eigenvalue weighted by atomic mass is 16.3. The number of fused-ring (bicyclic) bond motifs is 1. The molecule has 2 nitrogen and oxygen atoms in total. The molecule has 1 aliphatic carbocycles. The van der Waals surface area contributed by atoms with E-state index in [9.17, 15) is 5.11 Å². The summed E-state index contributed by atoms with van der Waals surface area (Å²) in [7, 11) is 1.98. The van der Waals surface area contributed by atoms with Gasteiger partial charge in [0.05, 0.1) is 6.10 Å². The van der Waals surface area contributed by atoms with E-state index < -0.39 is 0 Å². The van der Waals surface area contributed by atoms with Gasteiger partial charge in [-0.2, -0.15) is 0 Å². The molecule has 3 rings (SSSR count). The molecule has 1 aliphatic rings. The number of likely N-dealkylation sites (N-methyl/N-ethyl adjacent to an activating group) is 1. The normalized spacial score (nSPS) is 26.8. The van der Waals surface area contributed by atoms with Crippen LogP contribution in [0.4, 0.5) is 0 Å². The largest absolute Gasteiger partial charge is 0.392 e. The molecule has 106 valence electrons. The van der Waals surface area contributed by atoms with Gasteiger partial charge >= 0.3 is 0 Å². The maximum Gasteiger partial charge on any atom is 0.0649 e. The third kappa shape index (κ3) is 2.23. The summed E-state index contributed by atoms with van der Waals surface area (Å²) in [5, 5.41) is 16.5. The van der Waals surface area contributed by atoms with Crippen molar-refractivity contribution in [2.45, 2.75) is 37.2 Å². The lowest BCUT2D eigenvalue weighted by molar-refractivity contribution is 0.0425. The third-order valence-corrected chi connectivity index (χ3v) is 4.80. The van der Waals surface area contributed by atoms with Gasteiger partial charge in [-0.1, -0.05) is 55.3 Å². The van der Waals surface area contributed by atoms with Crippen molar-refractivity contribution < 1.29 is 5.11 Å². The molecular formula is C18H23NO. The predicted octanol–water partition coefficient (Wildman–Crippen LogP) is 3.23. The molecule has 1 fully saturated rings. The van der Waals surface area contributed by atoms with Gasteiger partial charge in [0.2, 0.25) is 0 Å². The zero-order chi connectivity index (χ0) is 14.0. The third-order valence-electron chi connectivity index (χ3n) is 4.80. The Hall–Kier alpha value is -1.38. The van der Waals surface area contributed by atoms with E-state index in [1.54, 1.807) is 0 Å². The van der Waals surface area contributed by atoms with Crippen molar-refractivity contribution in [2.75, 3.05) is 13.6 Å². The van der Waals surface area contributed by atoms with Crippen LogP contribution >= 0.6 is 0 Å². The molecule has 0 heterocycles. The number of aliphatic hydroxyl groups excluding tert-OH is 1. The Kier molecular flexibility index (Phi) is 3.77. The fraction of sp³-hybridized carbons (Fsp3) is 0.444. The predicted molar refractivity (Wildman–Crippen MR) is 84.0 cm³/mol. The summed E-state index contributed by atoms with van der Waals surface area (Å²) in [6, 6.07) is 15.1. The molecule has 2 aromatic rings. The first kappa shape index (κ1) is 13.6. The van der Waals surface area contributed by atoms with E-state index >= 15 is 0 Å². The van der Waals surface area contributed by atoms with Gasteiger partial charge in [-0.25, -0.2) is 0 Å². The molecule has 20 heavy (non-hydrogen) atoms. The lowest BCUT2D eigenvalue weighted by atomic mass is 9.67. The van der Waals surface area contributed by atoms with E-state index in [-0.39, 0.29) is 11.5 Å². The van der Waals surface area contributed by atoms with Crippen molar-refractivity contribution in [1.82, 2.24) is 5.32 Å². The molecule has 0 unspecified atom stereocenters. The number of nitrogens with one attached hydrogen (secondary N) is 1. The maximum atomic E-state index is 10.6. The molecule has 0 aliphatic heterocycles. The average Bonchev–Trinajstić information content (AvgIpc) is 2.49. The van der Waals surface area contributed by atoms with Crippen LogP contribution in [0.1, 0.15) is 31.2 Å². The minimum Gasteiger partial charge on any atom is -0.392 e. The van der Waals surface area contributed by atoms with E-state index in [0.717, 1.165) is 25.8 Å². The molecule has 0 saturated heterocycles. The molecule has 0 radical (unpaired) electrons. The zero-order valence-electron chi connectivity index (χ0n) is 12.1. The number of rotatable bonds is 3. The summed E-state index contributed by atoms with van der Waals surface area (Å²) in [6.45, 7) is 0.840. The minimum atomic E-state index is -0.245. The zero-order valence-corrected chi connectivity index (χ0v) is 12.1. The Balaban J connectivity index is 2.08. The van der Waals surface area contributed by atoms with Gasteiger partial charge in [0.25, 0.3) is 0 Å². The summed E-state index contributed by atoms with van der Waals surface area (Å²) in [4.78, 5) is 0. The van der Waals surface area contributed by atoms with E-state index in [1.807, 2.05) is 7.05 Å². The topological polar surface area (TPSA) is 32.3 Å². The molecule has 1 saturated carbocycles. The van der Waals surface area contributed by atoms with Gasteiger partial charge in [0.15, 0.2) is 0 Å². The van der Waals surface area contributed by atoms with Crippen LogP contribution in [-0.2, 0) is 5.41 Å². The van der Waals surface area contributed by atoms with Crippen LogP contribution < -0.4 is 5.32 Å². The highest BCUT2D eigenvalue weighted by Crippen LogP contribution is 2.40. The summed E-state index contributed by atoms with van der Waals surface area (Å²) in [6.07, 6.45) is 4.07. The van der Waals surface area contributed by atoms with Crippen molar-refractivity contribution in [2.24, 2.45) is 0 Å². The van der Waals surface area contributed by atoms with Crippen molar-refractivity contribution in [1.29, 1.82) is 0 Å². The van der Waals surface area contributed by atoms with Crippen LogP contribution in [-0.4, -0.2) is 24.8 Å². The molecule has 0 aromatic heterocycles. The van der Waals surface area contributed by atoms with Crippen LogP contribution in [0.5, 0.6) is 0 Å². The number of hydrogen-bond acceptors (Lipinski definition) is 2. The quantitative estimate of drug-likeness (QED) is 0.896. The monoisotopic (exact) mass is 269 g/mol. The van der Waals surface area contributed by atoms with Crippen LogP contribution in [0.25, 0.3) is 10.8 Å². The molecule has 0 amide bonds. The molecule has 2 heteroatoms. The van der Waals surface area contributed by atoms with Gasteiger partial charge in [0, 0.05) is 12.0 Å². The summed E-state index contributed by atoms with van der Waals surface area (Å²) < 4.78 is 0. The van der Waals surface area contributed by atoms with Crippen molar-refractivity contribution in [3.8, 4) is 0 Å². The highest BCUT2D eigenvalue weighted by molar-refractivity contribution is 5.83. The smallest absolute Gasteiger partial charge is 0.0649 e. The van der Waals surface area contributed by atoms with E-state index in [0.29, 0.717) is 0 Å². The van der Waals surface area contributed by atoms with Crippen LogP contribution in [0, 0.1) is 0 Å². The van der Waals surface area contributed by atoms with Crippen LogP contribution in [0.15, 0.2) is 42.5 Å². The van der Waals surface area contributed by atoms with Gasteiger partial charge in [-0.3, -0.25) is 0 Å². The lowest BCUT2D eigenvalue weighted by Crippen LogP contribution is -2.48. The first-order valence-electron chi connectivity index (χ1n) is 7.58. The standard InChI is InChI=1S/C18H23NO/c1-19-13-18(11-5-4-8-17(18)20)16-10-9-14-6-2-3-7-15(14)12-16/h2-3,6-7,9-10,12,17,19-20H,4-5,8,11,13H2,1H3/t17-,18+/m0/s1. The Morgan fingerprint density at radius 3 is 2.70 bits per heavy atom. The van der Waals surface area contributed by atoms with E-state index in [2.05, 4.69) is 47.8 Å². The van der Waals surface area contributed by atoms with Gasteiger partial charge in [0.1, 0.15) is 0 Å². The fourth-order valence-electron chi connectivity index (χ4n) is 3.68. The second kappa shape index (κ2) is 5.55. The van der Waals surface area contributed by atoms with Gasteiger partial charge < -0.3 is 10.4 Å².